The molecule has 1 aliphatic rings. The van der Waals surface area contributed by atoms with Gasteiger partial charge in [0, 0.05) is 17.4 Å². The molecule has 0 N–H and O–H groups in total. The van der Waals surface area contributed by atoms with Gasteiger partial charge in [-0.3, -0.25) is 0 Å². The van der Waals surface area contributed by atoms with Crippen LogP contribution < -0.4 is 9.47 Å². The average molecular weight is 757 g/mol. The van der Waals surface area contributed by atoms with Gasteiger partial charge < -0.3 is 23.7 Å². The van der Waals surface area contributed by atoms with E-state index in [1.54, 1.807) is 0 Å². The zero-order valence-corrected chi connectivity index (χ0v) is 31.0. The first-order chi connectivity index (χ1) is 23.4. The van der Waals surface area contributed by atoms with E-state index in [-0.39, 0.29) is 18.1 Å². The number of hydrogen-bond donors (Lipinski definition) is 0. The quantitative estimate of drug-likeness (QED) is 0.0842. The molecular formula is C40H45BrCl2O5. The molecule has 0 aromatic heterocycles. The van der Waals surface area contributed by atoms with Gasteiger partial charge in [0.25, 0.3) is 0 Å². The number of halogens is 3. The van der Waals surface area contributed by atoms with Gasteiger partial charge >= 0.3 is 0 Å². The van der Waals surface area contributed by atoms with Gasteiger partial charge in [-0.25, -0.2) is 0 Å². The predicted molar refractivity (Wildman–Crippen MR) is 198 cm³/mol. The van der Waals surface area contributed by atoms with Crippen molar-refractivity contribution < 1.29 is 23.7 Å². The largest absolute Gasteiger partial charge is 0.494 e. The molecule has 1 fully saturated rings. The van der Waals surface area contributed by atoms with E-state index in [2.05, 4.69) is 72.2 Å². The number of benzene rings is 4. The minimum atomic E-state index is -0.491. The molecule has 0 spiro atoms. The summed E-state index contributed by atoms with van der Waals surface area (Å²) in [5.74, 6) is 2.05. The smallest absolute Gasteiger partial charge is 0.140 e. The van der Waals surface area contributed by atoms with Gasteiger partial charge in [0.15, 0.2) is 0 Å². The summed E-state index contributed by atoms with van der Waals surface area (Å²) in [5.41, 5.74) is 5.12. The molecule has 1 aliphatic heterocycles. The second kappa shape index (κ2) is 18.4. The third-order valence-electron chi connectivity index (χ3n) is 8.75. The van der Waals surface area contributed by atoms with Gasteiger partial charge in [-0.05, 0) is 82.6 Å². The summed E-state index contributed by atoms with van der Waals surface area (Å²) >= 11 is 17.0. The Morgan fingerprint density at radius 1 is 0.792 bits per heavy atom. The maximum atomic E-state index is 7.08. The third kappa shape index (κ3) is 9.35. The fraction of sp³-hybridized carbons (Fsp3) is 0.400. The van der Waals surface area contributed by atoms with E-state index in [0.29, 0.717) is 60.4 Å². The second-order valence-electron chi connectivity index (χ2n) is 12.1. The van der Waals surface area contributed by atoms with Crippen LogP contribution in [-0.4, -0.2) is 37.4 Å². The van der Waals surface area contributed by atoms with E-state index in [4.69, 9.17) is 46.9 Å². The third-order valence-corrected chi connectivity index (χ3v) is 10.4. The van der Waals surface area contributed by atoms with E-state index in [0.717, 1.165) is 40.0 Å². The Labute approximate surface area is 303 Å². The Bertz CT molecular complexity index is 1550. The maximum Gasteiger partial charge on any atom is 0.140 e. The second-order valence-corrected chi connectivity index (χ2v) is 13.7. The lowest BCUT2D eigenvalue weighted by Gasteiger charge is -2.46. The summed E-state index contributed by atoms with van der Waals surface area (Å²) < 4.78 is 33.5. The molecule has 1 saturated heterocycles. The number of rotatable bonds is 16. The molecule has 5 atom stereocenters. The minimum absolute atomic E-state index is 0.0629. The van der Waals surface area contributed by atoms with Gasteiger partial charge in [0.1, 0.15) is 23.7 Å². The SMILES string of the molecule is CCOc1ccc(Cc2cc([C@@H]3O[C@H](CC)[C@@H](C)[C@H](OCc4ccccc4)[C@H]3OCc3ccccc3)c(OCCCCl)c(Br)c2Cl)cc1. The lowest BCUT2D eigenvalue weighted by Crippen LogP contribution is -2.51. The first kappa shape index (κ1) is 36.7. The van der Waals surface area contributed by atoms with Crippen LogP contribution in [0.5, 0.6) is 11.5 Å². The summed E-state index contributed by atoms with van der Waals surface area (Å²) in [6.07, 6.45) is 0.885. The monoisotopic (exact) mass is 754 g/mol. The molecule has 0 aliphatic carbocycles. The van der Waals surface area contributed by atoms with Crippen molar-refractivity contribution in [3.05, 3.63) is 128 Å². The van der Waals surface area contributed by atoms with Crippen LogP contribution in [0, 0.1) is 5.92 Å². The normalized spacial score (nSPS) is 20.8. The van der Waals surface area contributed by atoms with Gasteiger partial charge in [0.05, 0.1) is 48.1 Å². The fourth-order valence-corrected chi connectivity index (χ4v) is 7.16. The summed E-state index contributed by atoms with van der Waals surface area (Å²) in [6, 6.07) is 30.7. The minimum Gasteiger partial charge on any atom is -0.494 e. The summed E-state index contributed by atoms with van der Waals surface area (Å²) in [6.45, 7) is 8.28. The highest BCUT2D eigenvalue weighted by atomic mass is 79.9. The molecule has 5 rings (SSSR count). The molecule has 0 saturated carbocycles. The molecule has 0 bridgehead atoms. The van der Waals surface area contributed by atoms with Crippen LogP contribution in [0.15, 0.2) is 95.5 Å². The predicted octanol–water partition coefficient (Wildman–Crippen LogP) is 10.8. The molecule has 5 nitrogen and oxygen atoms in total. The van der Waals surface area contributed by atoms with Crippen molar-refractivity contribution in [2.75, 3.05) is 19.1 Å². The van der Waals surface area contributed by atoms with Gasteiger partial charge in [-0.15, -0.1) is 11.6 Å². The van der Waals surface area contributed by atoms with E-state index in [1.165, 1.54) is 0 Å². The van der Waals surface area contributed by atoms with Crippen LogP contribution in [0.1, 0.15) is 67.5 Å². The number of alkyl halides is 1. The molecule has 256 valence electrons. The first-order valence-corrected chi connectivity index (χ1v) is 18.5. The highest BCUT2D eigenvalue weighted by Gasteiger charge is 2.46. The summed E-state index contributed by atoms with van der Waals surface area (Å²) in [7, 11) is 0. The lowest BCUT2D eigenvalue weighted by atomic mass is 9.83. The molecule has 8 heteroatoms. The van der Waals surface area contributed by atoms with Gasteiger partial charge in [-0.1, -0.05) is 98.2 Å². The molecule has 0 amide bonds. The van der Waals surface area contributed by atoms with E-state index in [9.17, 15) is 0 Å². The molecule has 4 aromatic rings. The van der Waals surface area contributed by atoms with Crippen molar-refractivity contribution in [3.8, 4) is 11.5 Å². The summed E-state index contributed by atoms with van der Waals surface area (Å²) in [4.78, 5) is 0. The van der Waals surface area contributed by atoms with E-state index >= 15 is 0 Å². The van der Waals surface area contributed by atoms with Crippen LogP contribution in [0.3, 0.4) is 0 Å². The molecule has 0 radical (unpaired) electrons. The van der Waals surface area contributed by atoms with Crippen LogP contribution in [0.4, 0.5) is 0 Å². The molecular weight excluding hydrogens is 711 g/mol. The Balaban J connectivity index is 1.57. The number of hydrogen-bond acceptors (Lipinski definition) is 5. The van der Waals surface area contributed by atoms with Gasteiger partial charge in [-0.2, -0.15) is 0 Å². The zero-order chi connectivity index (χ0) is 33.9. The highest BCUT2D eigenvalue weighted by molar-refractivity contribution is 9.10. The topological polar surface area (TPSA) is 46.2 Å². The van der Waals surface area contributed by atoms with Gasteiger partial charge in [0.2, 0.25) is 0 Å². The lowest BCUT2D eigenvalue weighted by molar-refractivity contribution is -0.235. The number of ether oxygens (including phenoxy) is 5. The Kier molecular flexibility index (Phi) is 14.1. The van der Waals surface area contributed by atoms with Crippen molar-refractivity contribution in [2.45, 2.75) is 77.7 Å². The average Bonchev–Trinajstić information content (AvgIpc) is 3.11. The van der Waals surface area contributed by atoms with E-state index < -0.39 is 12.2 Å². The van der Waals surface area contributed by atoms with Crippen LogP contribution in [0.2, 0.25) is 5.02 Å². The van der Waals surface area contributed by atoms with Crippen molar-refractivity contribution in [2.24, 2.45) is 5.92 Å². The fourth-order valence-electron chi connectivity index (χ4n) is 6.24. The molecule has 0 unspecified atom stereocenters. The van der Waals surface area contributed by atoms with Crippen LogP contribution in [0.25, 0.3) is 0 Å². The first-order valence-electron chi connectivity index (χ1n) is 16.8. The highest BCUT2D eigenvalue weighted by Crippen LogP contribution is 2.48. The van der Waals surface area contributed by atoms with Crippen molar-refractivity contribution >= 4 is 39.1 Å². The van der Waals surface area contributed by atoms with Crippen LogP contribution in [-0.2, 0) is 33.8 Å². The standard InChI is InChI=1S/C40H45BrCl2O5/c1-4-34-27(3)37(46-25-29-13-8-6-9-14-29)40(47-26-30-15-10-7-11-16-30)39(48-34)33-24-31(23-28-17-19-32(20-18-28)44-5-2)36(43)35(41)38(33)45-22-12-21-42/h6-11,13-20,24,27,34,37,39-40H,4-5,12,21-23,25-26H2,1-3H3/t27-,34-,37+,39+,40-/m1/s1. The maximum absolute atomic E-state index is 7.08. The molecule has 1 heterocycles. The molecule has 4 aromatic carbocycles. The summed E-state index contributed by atoms with van der Waals surface area (Å²) in [5, 5.41) is 0.600. The molecule has 48 heavy (non-hydrogen) atoms. The zero-order valence-electron chi connectivity index (χ0n) is 27.9. The Morgan fingerprint density at radius 3 is 2.00 bits per heavy atom. The van der Waals surface area contributed by atoms with Crippen LogP contribution >= 0.6 is 39.1 Å². The van der Waals surface area contributed by atoms with Crippen molar-refractivity contribution in [1.82, 2.24) is 0 Å². The van der Waals surface area contributed by atoms with Crippen molar-refractivity contribution in [1.29, 1.82) is 0 Å². The Morgan fingerprint density at radius 2 is 1.42 bits per heavy atom. The Hall–Kier alpha value is -2.58. The van der Waals surface area contributed by atoms with E-state index in [1.807, 2.05) is 55.5 Å². The van der Waals surface area contributed by atoms with Crippen molar-refractivity contribution in [3.63, 3.8) is 0 Å².